The van der Waals surface area contributed by atoms with Crippen molar-refractivity contribution in [2.75, 3.05) is 20.8 Å². The van der Waals surface area contributed by atoms with E-state index in [9.17, 15) is 4.79 Å². The van der Waals surface area contributed by atoms with Crippen LogP contribution in [0.3, 0.4) is 0 Å². The number of nitrogens with zero attached hydrogens (tertiary/aromatic N) is 1. The first-order valence-electron chi connectivity index (χ1n) is 7.79. The molecule has 7 nitrogen and oxygen atoms in total. The Morgan fingerprint density at radius 3 is 2.75 bits per heavy atom. The van der Waals surface area contributed by atoms with Crippen molar-refractivity contribution in [1.82, 2.24) is 10.3 Å². The highest BCUT2D eigenvalue weighted by molar-refractivity contribution is 5.91. The third-order valence-corrected chi connectivity index (χ3v) is 3.66. The van der Waals surface area contributed by atoms with E-state index in [0.29, 0.717) is 36.8 Å². The third kappa shape index (κ3) is 4.26. The standard InChI is InChI=1S/C17H23N3O4/c1-4-12(18)17-20-13(10-24-17)16(21)19-8-7-11-5-6-14(22-2)15(9-11)23-3/h5-6,9-10,12H,4,7-8,18H2,1-3H3,(H,19,21). The van der Waals surface area contributed by atoms with Gasteiger partial charge in [0.25, 0.3) is 5.91 Å². The van der Waals surface area contributed by atoms with Crippen molar-refractivity contribution in [2.45, 2.75) is 25.8 Å². The van der Waals surface area contributed by atoms with Crippen LogP contribution in [0, 0.1) is 0 Å². The fourth-order valence-electron chi connectivity index (χ4n) is 2.18. The Kier molecular flexibility index (Phi) is 6.20. The number of rotatable bonds is 8. The van der Waals surface area contributed by atoms with Gasteiger partial charge in [-0.25, -0.2) is 4.98 Å². The van der Waals surface area contributed by atoms with Gasteiger partial charge in [0, 0.05) is 6.54 Å². The summed E-state index contributed by atoms with van der Waals surface area (Å²) >= 11 is 0. The second-order valence-electron chi connectivity index (χ2n) is 5.28. The fraction of sp³-hybridized carbons (Fsp3) is 0.412. The molecule has 130 valence electrons. The average Bonchev–Trinajstić information content (AvgIpc) is 3.11. The maximum atomic E-state index is 12.1. The molecule has 0 spiro atoms. The largest absolute Gasteiger partial charge is 0.493 e. The lowest BCUT2D eigenvalue weighted by Gasteiger charge is -2.09. The molecule has 0 aliphatic carbocycles. The third-order valence-electron chi connectivity index (χ3n) is 3.66. The molecule has 0 fully saturated rings. The van der Waals surface area contributed by atoms with Crippen LogP contribution in [0.2, 0.25) is 0 Å². The Morgan fingerprint density at radius 2 is 2.08 bits per heavy atom. The highest BCUT2D eigenvalue weighted by Crippen LogP contribution is 2.27. The summed E-state index contributed by atoms with van der Waals surface area (Å²) in [5.41, 5.74) is 7.09. The molecule has 1 aromatic heterocycles. The molecular weight excluding hydrogens is 310 g/mol. The van der Waals surface area contributed by atoms with Crippen LogP contribution in [-0.4, -0.2) is 31.7 Å². The van der Waals surface area contributed by atoms with E-state index in [0.717, 1.165) is 5.56 Å². The molecule has 1 heterocycles. The SMILES string of the molecule is CCC(N)c1nc(C(=O)NCCc2ccc(OC)c(OC)c2)co1. The molecular formula is C17H23N3O4. The zero-order valence-corrected chi connectivity index (χ0v) is 14.2. The van der Waals surface area contributed by atoms with Crippen LogP contribution in [0.15, 0.2) is 28.9 Å². The van der Waals surface area contributed by atoms with E-state index in [1.807, 2.05) is 25.1 Å². The van der Waals surface area contributed by atoms with Crippen LogP contribution in [0.5, 0.6) is 11.5 Å². The smallest absolute Gasteiger partial charge is 0.273 e. The van der Waals surface area contributed by atoms with Crippen molar-refractivity contribution in [3.05, 3.63) is 41.6 Å². The summed E-state index contributed by atoms with van der Waals surface area (Å²) in [5, 5.41) is 2.81. The van der Waals surface area contributed by atoms with E-state index < -0.39 is 0 Å². The summed E-state index contributed by atoms with van der Waals surface area (Å²) in [6.07, 6.45) is 2.68. The molecule has 7 heteroatoms. The maximum Gasteiger partial charge on any atom is 0.273 e. The van der Waals surface area contributed by atoms with E-state index in [1.54, 1.807) is 14.2 Å². The summed E-state index contributed by atoms with van der Waals surface area (Å²) < 4.78 is 15.7. The van der Waals surface area contributed by atoms with Gasteiger partial charge in [-0.1, -0.05) is 13.0 Å². The number of carbonyl (C=O) groups excluding carboxylic acids is 1. The Bertz CT molecular complexity index is 684. The number of benzene rings is 1. The highest BCUT2D eigenvalue weighted by atomic mass is 16.5. The first-order chi connectivity index (χ1) is 11.6. The molecule has 1 amide bonds. The molecule has 1 aromatic carbocycles. The summed E-state index contributed by atoms with van der Waals surface area (Å²) in [7, 11) is 3.18. The van der Waals surface area contributed by atoms with Crippen LogP contribution in [0.1, 0.15) is 41.3 Å². The number of aromatic nitrogens is 1. The van der Waals surface area contributed by atoms with Crippen molar-refractivity contribution in [1.29, 1.82) is 0 Å². The van der Waals surface area contributed by atoms with E-state index in [2.05, 4.69) is 10.3 Å². The molecule has 2 rings (SSSR count). The van der Waals surface area contributed by atoms with Crippen LogP contribution in [-0.2, 0) is 6.42 Å². The quantitative estimate of drug-likeness (QED) is 0.767. The van der Waals surface area contributed by atoms with Crippen molar-refractivity contribution < 1.29 is 18.7 Å². The van der Waals surface area contributed by atoms with Gasteiger partial charge in [0.2, 0.25) is 5.89 Å². The van der Waals surface area contributed by atoms with Crippen molar-refractivity contribution in [3.63, 3.8) is 0 Å². The summed E-state index contributed by atoms with van der Waals surface area (Å²) in [6.45, 7) is 2.40. The Balaban J connectivity index is 1.89. The van der Waals surface area contributed by atoms with Gasteiger partial charge in [0.05, 0.1) is 20.3 Å². The molecule has 0 saturated carbocycles. The van der Waals surface area contributed by atoms with Gasteiger partial charge in [-0.2, -0.15) is 0 Å². The van der Waals surface area contributed by atoms with E-state index in [4.69, 9.17) is 19.6 Å². The Labute approximate surface area is 141 Å². The number of oxazole rings is 1. The van der Waals surface area contributed by atoms with E-state index in [-0.39, 0.29) is 17.6 Å². The van der Waals surface area contributed by atoms with Gasteiger partial charge in [-0.15, -0.1) is 0 Å². The Morgan fingerprint density at radius 1 is 1.33 bits per heavy atom. The topological polar surface area (TPSA) is 99.6 Å². The van der Waals surface area contributed by atoms with Crippen LogP contribution >= 0.6 is 0 Å². The second kappa shape index (κ2) is 8.35. The van der Waals surface area contributed by atoms with Gasteiger partial charge in [0.1, 0.15) is 6.26 Å². The lowest BCUT2D eigenvalue weighted by Crippen LogP contribution is -2.26. The van der Waals surface area contributed by atoms with E-state index in [1.165, 1.54) is 6.26 Å². The van der Waals surface area contributed by atoms with Crippen LogP contribution in [0.4, 0.5) is 0 Å². The molecule has 3 N–H and O–H groups in total. The van der Waals surface area contributed by atoms with Crippen molar-refractivity contribution in [3.8, 4) is 11.5 Å². The minimum Gasteiger partial charge on any atom is -0.493 e. The average molecular weight is 333 g/mol. The Hall–Kier alpha value is -2.54. The zero-order chi connectivity index (χ0) is 17.5. The van der Waals surface area contributed by atoms with Gasteiger partial charge in [-0.3, -0.25) is 4.79 Å². The maximum absolute atomic E-state index is 12.1. The summed E-state index contributed by atoms with van der Waals surface area (Å²) in [4.78, 5) is 16.2. The van der Waals surface area contributed by atoms with Gasteiger partial charge in [-0.05, 0) is 30.5 Å². The minimum absolute atomic E-state index is 0.237. The molecule has 24 heavy (non-hydrogen) atoms. The predicted octanol–water partition coefficient (Wildman–Crippen LogP) is 2.07. The van der Waals surface area contributed by atoms with Crippen molar-refractivity contribution in [2.24, 2.45) is 5.73 Å². The molecule has 0 radical (unpaired) electrons. The molecule has 0 saturated heterocycles. The summed E-state index contributed by atoms with van der Waals surface area (Å²) in [5.74, 6) is 1.43. The number of hydrogen-bond acceptors (Lipinski definition) is 6. The normalized spacial score (nSPS) is 11.8. The highest BCUT2D eigenvalue weighted by Gasteiger charge is 2.15. The van der Waals surface area contributed by atoms with Gasteiger partial charge >= 0.3 is 0 Å². The second-order valence-corrected chi connectivity index (χ2v) is 5.28. The number of carbonyl (C=O) groups is 1. The number of ether oxygens (including phenoxy) is 2. The molecule has 0 aliphatic rings. The first kappa shape index (κ1) is 17.8. The first-order valence-corrected chi connectivity index (χ1v) is 7.79. The molecule has 1 unspecified atom stereocenters. The monoisotopic (exact) mass is 333 g/mol. The molecule has 0 bridgehead atoms. The lowest BCUT2D eigenvalue weighted by atomic mass is 10.1. The molecule has 2 aromatic rings. The van der Waals surface area contributed by atoms with Gasteiger partial charge in [0.15, 0.2) is 17.2 Å². The number of nitrogens with one attached hydrogen (secondary N) is 1. The minimum atomic E-state index is -0.293. The molecule has 1 atom stereocenters. The number of amides is 1. The van der Waals surface area contributed by atoms with Crippen LogP contribution in [0.25, 0.3) is 0 Å². The number of methoxy groups -OCH3 is 2. The van der Waals surface area contributed by atoms with Gasteiger partial charge < -0.3 is 24.9 Å². The lowest BCUT2D eigenvalue weighted by molar-refractivity contribution is 0.0949. The van der Waals surface area contributed by atoms with Crippen molar-refractivity contribution >= 4 is 5.91 Å². The fourth-order valence-corrected chi connectivity index (χ4v) is 2.18. The number of nitrogens with two attached hydrogens (primary N) is 1. The predicted molar refractivity (Wildman–Crippen MR) is 89.3 cm³/mol. The van der Waals surface area contributed by atoms with Crippen LogP contribution < -0.4 is 20.5 Å². The summed E-state index contributed by atoms with van der Waals surface area (Å²) in [6, 6.07) is 5.37. The zero-order valence-electron chi connectivity index (χ0n) is 14.2. The molecule has 0 aliphatic heterocycles. The number of hydrogen-bond donors (Lipinski definition) is 2. The van der Waals surface area contributed by atoms with E-state index >= 15 is 0 Å².